The molecule has 100 valence electrons. The maximum Gasteiger partial charge on any atom is 0.124 e. The summed E-state index contributed by atoms with van der Waals surface area (Å²) in [5.74, 6) is 1.52. The molecule has 1 aromatic rings. The van der Waals surface area contributed by atoms with Crippen LogP contribution in [0.2, 0.25) is 0 Å². The second-order valence-electron chi connectivity index (χ2n) is 4.69. The van der Waals surface area contributed by atoms with Gasteiger partial charge in [0.1, 0.15) is 17.6 Å². The SMILES string of the molecule is COc1ccc(OC2CCCCC2O)c(CN)c1. The highest BCUT2D eigenvalue weighted by Crippen LogP contribution is 2.28. The zero-order valence-electron chi connectivity index (χ0n) is 10.8. The fourth-order valence-electron chi connectivity index (χ4n) is 2.34. The fraction of sp³-hybridized carbons (Fsp3) is 0.571. The lowest BCUT2D eigenvalue weighted by atomic mass is 9.95. The summed E-state index contributed by atoms with van der Waals surface area (Å²) in [6.45, 7) is 0.398. The van der Waals surface area contributed by atoms with Crippen LogP contribution >= 0.6 is 0 Å². The molecule has 3 N–H and O–H groups in total. The average Bonchev–Trinajstić information content (AvgIpc) is 2.41. The second kappa shape index (κ2) is 6.07. The van der Waals surface area contributed by atoms with Gasteiger partial charge in [-0.2, -0.15) is 0 Å². The van der Waals surface area contributed by atoms with Gasteiger partial charge in [-0.05, 0) is 37.5 Å². The molecule has 1 saturated carbocycles. The minimum atomic E-state index is -0.369. The Balaban J connectivity index is 2.12. The van der Waals surface area contributed by atoms with Gasteiger partial charge in [-0.1, -0.05) is 6.42 Å². The van der Waals surface area contributed by atoms with Crippen LogP contribution in [0.5, 0.6) is 11.5 Å². The molecule has 18 heavy (non-hydrogen) atoms. The molecular weight excluding hydrogens is 230 g/mol. The lowest BCUT2D eigenvalue weighted by molar-refractivity contribution is 0.00639. The van der Waals surface area contributed by atoms with Crippen molar-refractivity contribution in [2.24, 2.45) is 5.73 Å². The molecule has 0 saturated heterocycles. The molecule has 0 amide bonds. The van der Waals surface area contributed by atoms with Crippen LogP contribution in [0.3, 0.4) is 0 Å². The van der Waals surface area contributed by atoms with E-state index in [2.05, 4.69) is 0 Å². The molecular formula is C14H21NO3. The molecule has 4 nitrogen and oxygen atoms in total. The smallest absolute Gasteiger partial charge is 0.124 e. The number of benzene rings is 1. The summed E-state index contributed by atoms with van der Waals surface area (Å²) in [6.07, 6.45) is 3.42. The van der Waals surface area contributed by atoms with E-state index in [-0.39, 0.29) is 12.2 Å². The molecule has 0 aliphatic heterocycles. The van der Waals surface area contributed by atoms with E-state index in [1.165, 1.54) is 0 Å². The molecule has 1 aliphatic rings. The van der Waals surface area contributed by atoms with Crippen molar-refractivity contribution >= 4 is 0 Å². The fourth-order valence-corrected chi connectivity index (χ4v) is 2.34. The molecule has 0 bridgehead atoms. The van der Waals surface area contributed by atoms with Crippen LogP contribution in [0, 0.1) is 0 Å². The van der Waals surface area contributed by atoms with Gasteiger partial charge in [0.25, 0.3) is 0 Å². The monoisotopic (exact) mass is 251 g/mol. The Labute approximate surface area is 108 Å². The van der Waals surface area contributed by atoms with Crippen molar-refractivity contribution in [2.75, 3.05) is 7.11 Å². The molecule has 1 fully saturated rings. The molecule has 2 unspecified atom stereocenters. The quantitative estimate of drug-likeness (QED) is 0.857. The van der Waals surface area contributed by atoms with Crippen LogP contribution in [0.1, 0.15) is 31.2 Å². The van der Waals surface area contributed by atoms with Crippen LogP contribution in [0.25, 0.3) is 0 Å². The van der Waals surface area contributed by atoms with Gasteiger partial charge in [0.05, 0.1) is 13.2 Å². The Bertz CT molecular complexity index is 395. The lowest BCUT2D eigenvalue weighted by Crippen LogP contribution is -2.34. The predicted molar refractivity (Wildman–Crippen MR) is 69.8 cm³/mol. The standard InChI is InChI=1S/C14H21NO3/c1-17-11-6-7-13(10(8-11)9-15)18-14-5-3-2-4-12(14)16/h6-8,12,14,16H,2-5,9,15H2,1H3. The Hall–Kier alpha value is -1.26. The maximum atomic E-state index is 9.91. The van der Waals surface area contributed by atoms with Crippen molar-refractivity contribution in [3.05, 3.63) is 23.8 Å². The summed E-state index contributed by atoms with van der Waals surface area (Å²) in [7, 11) is 1.63. The van der Waals surface area contributed by atoms with Crippen LogP contribution in [-0.4, -0.2) is 24.4 Å². The van der Waals surface area contributed by atoms with E-state index in [1.54, 1.807) is 7.11 Å². The molecule has 4 heteroatoms. The molecule has 0 aromatic heterocycles. The number of ether oxygens (including phenoxy) is 2. The van der Waals surface area contributed by atoms with Crippen molar-refractivity contribution in [3.8, 4) is 11.5 Å². The minimum Gasteiger partial charge on any atom is -0.497 e. The molecule has 2 atom stereocenters. The maximum absolute atomic E-state index is 9.91. The number of aliphatic hydroxyl groups is 1. The number of rotatable bonds is 4. The largest absolute Gasteiger partial charge is 0.497 e. The van der Waals surface area contributed by atoms with Crippen LogP contribution < -0.4 is 15.2 Å². The Morgan fingerprint density at radius 2 is 2.11 bits per heavy atom. The van der Waals surface area contributed by atoms with Gasteiger partial charge in [0, 0.05) is 12.1 Å². The van der Waals surface area contributed by atoms with Crippen LogP contribution in [-0.2, 0) is 6.54 Å². The number of hydrogen-bond donors (Lipinski definition) is 2. The molecule has 0 heterocycles. The van der Waals surface area contributed by atoms with E-state index < -0.39 is 0 Å². The van der Waals surface area contributed by atoms with Gasteiger partial charge in [-0.15, -0.1) is 0 Å². The summed E-state index contributed by atoms with van der Waals surface area (Å²) in [5, 5.41) is 9.91. The molecule has 0 spiro atoms. The molecule has 1 aromatic carbocycles. The summed E-state index contributed by atoms with van der Waals surface area (Å²) in [5.41, 5.74) is 6.63. The first kappa shape index (κ1) is 13.2. The zero-order valence-corrected chi connectivity index (χ0v) is 10.8. The first-order valence-electron chi connectivity index (χ1n) is 6.46. The third-order valence-corrected chi connectivity index (χ3v) is 3.43. The number of aliphatic hydroxyl groups excluding tert-OH is 1. The van der Waals surface area contributed by atoms with E-state index in [4.69, 9.17) is 15.2 Å². The Kier molecular flexibility index (Phi) is 4.44. The van der Waals surface area contributed by atoms with Crippen molar-refractivity contribution in [3.63, 3.8) is 0 Å². The third-order valence-electron chi connectivity index (χ3n) is 3.43. The Morgan fingerprint density at radius 3 is 2.78 bits per heavy atom. The zero-order chi connectivity index (χ0) is 13.0. The highest BCUT2D eigenvalue weighted by Gasteiger charge is 2.25. The van der Waals surface area contributed by atoms with Crippen molar-refractivity contribution in [1.29, 1.82) is 0 Å². The summed E-state index contributed by atoms with van der Waals surface area (Å²) >= 11 is 0. The minimum absolute atomic E-state index is 0.113. The van der Waals surface area contributed by atoms with Gasteiger partial charge in [-0.3, -0.25) is 0 Å². The first-order valence-corrected chi connectivity index (χ1v) is 6.46. The van der Waals surface area contributed by atoms with Crippen LogP contribution in [0.15, 0.2) is 18.2 Å². The molecule has 0 radical (unpaired) electrons. The van der Waals surface area contributed by atoms with Gasteiger partial charge in [-0.25, -0.2) is 0 Å². The van der Waals surface area contributed by atoms with Crippen molar-refractivity contribution < 1.29 is 14.6 Å². The van der Waals surface area contributed by atoms with E-state index in [9.17, 15) is 5.11 Å². The summed E-state index contributed by atoms with van der Waals surface area (Å²) in [6, 6.07) is 5.59. The van der Waals surface area contributed by atoms with Crippen molar-refractivity contribution in [2.45, 2.75) is 44.4 Å². The molecule has 1 aliphatic carbocycles. The van der Waals surface area contributed by atoms with E-state index in [1.807, 2.05) is 18.2 Å². The summed E-state index contributed by atoms with van der Waals surface area (Å²) in [4.78, 5) is 0. The van der Waals surface area contributed by atoms with Crippen LogP contribution in [0.4, 0.5) is 0 Å². The topological polar surface area (TPSA) is 64.7 Å². The first-order chi connectivity index (χ1) is 8.74. The predicted octanol–water partition coefficient (Wildman–Crippen LogP) is 1.84. The van der Waals surface area contributed by atoms with Gasteiger partial charge in [0.2, 0.25) is 0 Å². The van der Waals surface area contributed by atoms with Gasteiger partial charge < -0.3 is 20.3 Å². The third kappa shape index (κ3) is 2.94. The number of nitrogens with two attached hydrogens (primary N) is 1. The lowest BCUT2D eigenvalue weighted by Gasteiger charge is -2.29. The van der Waals surface area contributed by atoms with E-state index in [0.717, 1.165) is 42.7 Å². The van der Waals surface area contributed by atoms with Gasteiger partial charge >= 0.3 is 0 Å². The van der Waals surface area contributed by atoms with Gasteiger partial charge in [0.15, 0.2) is 0 Å². The highest BCUT2D eigenvalue weighted by molar-refractivity contribution is 5.40. The summed E-state index contributed by atoms with van der Waals surface area (Å²) < 4.78 is 11.1. The highest BCUT2D eigenvalue weighted by atomic mass is 16.5. The normalized spacial score (nSPS) is 23.7. The molecule has 2 rings (SSSR count). The van der Waals surface area contributed by atoms with E-state index >= 15 is 0 Å². The average molecular weight is 251 g/mol. The number of hydrogen-bond acceptors (Lipinski definition) is 4. The van der Waals surface area contributed by atoms with Crippen molar-refractivity contribution in [1.82, 2.24) is 0 Å². The van der Waals surface area contributed by atoms with E-state index in [0.29, 0.717) is 6.54 Å². The second-order valence-corrected chi connectivity index (χ2v) is 4.69. The number of methoxy groups -OCH3 is 1. The Morgan fingerprint density at radius 1 is 1.33 bits per heavy atom.